The van der Waals surface area contributed by atoms with Crippen molar-refractivity contribution in [2.75, 3.05) is 7.11 Å². The summed E-state index contributed by atoms with van der Waals surface area (Å²) in [6.07, 6.45) is -0.978. The van der Waals surface area contributed by atoms with Crippen LogP contribution in [-0.2, 0) is 4.79 Å². The fraction of sp³-hybridized carbons (Fsp3) is 0.500. The monoisotopic (exact) mass is 270 g/mol. The second-order valence-electron chi connectivity index (χ2n) is 4.81. The highest BCUT2D eigenvalue weighted by atomic mass is 19.3. The molecule has 0 radical (unpaired) electrons. The average Bonchev–Trinajstić information content (AvgIpc) is 3.18. The first kappa shape index (κ1) is 13.8. The van der Waals surface area contributed by atoms with Gasteiger partial charge in [0.2, 0.25) is 0 Å². The van der Waals surface area contributed by atoms with Crippen molar-refractivity contribution >= 4 is 5.97 Å². The van der Waals surface area contributed by atoms with Crippen LogP contribution in [0, 0.1) is 5.92 Å². The smallest absolute Gasteiger partial charge is 0.303 e. The number of rotatable bonds is 6. The van der Waals surface area contributed by atoms with Gasteiger partial charge < -0.3 is 9.84 Å². The van der Waals surface area contributed by atoms with Crippen LogP contribution in [0.4, 0.5) is 8.78 Å². The molecule has 1 saturated carbocycles. The van der Waals surface area contributed by atoms with E-state index in [9.17, 15) is 13.6 Å². The normalized spacial score (nSPS) is 16.4. The summed E-state index contributed by atoms with van der Waals surface area (Å²) < 4.78 is 31.4. The first-order valence-corrected chi connectivity index (χ1v) is 6.21. The molecule has 1 aromatic carbocycles. The molecule has 1 aromatic rings. The number of carboxylic acids is 1. The summed E-state index contributed by atoms with van der Waals surface area (Å²) in [4.78, 5) is 10.9. The highest BCUT2D eigenvalue weighted by molar-refractivity contribution is 5.68. The molecule has 1 unspecified atom stereocenters. The van der Waals surface area contributed by atoms with Crippen LogP contribution in [-0.4, -0.2) is 18.2 Å². The lowest BCUT2D eigenvalue weighted by Crippen LogP contribution is -2.11. The summed E-state index contributed by atoms with van der Waals surface area (Å²) in [7, 11) is 1.34. The molecule has 19 heavy (non-hydrogen) atoms. The van der Waals surface area contributed by atoms with E-state index in [0.29, 0.717) is 5.56 Å². The molecule has 2 rings (SSSR count). The van der Waals surface area contributed by atoms with Gasteiger partial charge in [-0.15, -0.1) is 0 Å². The highest BCUT2D eigenvalue weighted by Gasteiger charge is 2.36. The molecule has 1 aliphatic rings. The molecule has 0 aromatic heterocycles. The lowest BCUT2D eigenvalue weighted by Gasteiger charge is -2.20. The predicted molar refractivity (Wildman–Crippen MR) is 65.7 cm³/mol. The third kappa shape index (κ3) is 3.03. The van der Waals surface area contributed by atoms with Crippen LogP contribution in [0.25, 0.3) is 0 Å². The van der Waals surface area contributed by atoms with E-state index in [1.165, 1.54) is 13.2 Å². The molecule has 0 aliphatic heterocycles. The fourth-order valence-electron chi connectivity index (χ4n) is 2.51. The van der Waals surface area contributed by atoms with Crippen LogP contribution in [0.3, 0.4) is 0 Å². The number of ether oxygens (including phenoxy) is 1. The van der Waals surface area contributed by atoms with Crippen molar-refractivity contribution in [3.8, 4) is 5.75 Å². The standard InChI is InChI=1S/C14H16F2O3/c1-19-11-4-2-3-9(13(11)14(15)16)10(7-12(17)18)8-5-6-8/h2-4,8,10,14H,5-7H2,1H3,(H,17,18). The molecule has 0 bridgehead atoms. The maximum absolute atomic E-state index is 13.2. The Morgan fingerprint density at radius 2 is 2.16 bits per heavy atom. The second kappa shape index (κ2) is 5.55. The highest BCUT2D eigenvalue weighted by Crippen LogP contribution is 2.48. The van der Waals surface area contributed by atoms with E-state index in [2.05, 4.69) is 0 Å². The number of hydrogen-bond acceptors (Lipinski definition) is 2. The minimum absolute atomic E-state index is 0.114. The van der Waals surface area contributed by atoms with Gasteiger partial charge in [0.25, 0.3) is 6.43 Å². The van der Waals surface area contributed by atoms with Crippen LogP contribution >= 0.6 is 0 Å². The van der Waals surface area contributed by atoms with Crippen molar-refractivity contribution in [2.24, 2.45) is 5.92 Å². The van der Waals surface area contributed by atoms with Crippen LogP contribution < -0.4 is 4.74 Å². The van der Waals surface area contributed by atoms with Crippen LogP contribution in [0.15, 0.2) is 18.2 Å². The topological polar surface area (TPSA) is 46.5 Å². The number of methoxy groups -OCH3 is 1. The van der Waals surface area contributed by atoms with Crippen molar-refractivity contribution in [1.29, 1.82) is 0 Å². The SMILES string of the molecule is COc1cccc(C(CC(=O)O)C2CC2)c1C(F)F. The fourth-order valence-corrected chi connectivity index (χ4v) is 2.51. The van der Waals surface area contributed by atoms with E-state index in [4.69, 9.17) is 9.84 Å². The number of aliphatic carboxylic acids is 1. The molecule has 0 heterocycles. The van der Waals surface area contributed by atoms with Crippen molar-refractivity contribution in [3.05, 3.63) is 29.3 Å². The van der Waals surface area contributed by atoms with Crippen molar-refractivity contribution in [1.82, 2.24) is 0 Å². The van der Waals surface area contributed by atoms with Gasteiger partial charge in [-0.25, -0.2) is 8.78 Å². The Labute approximate surface area is 110 Å². The minimum atomic E-state index is -2.67. The summed E-state index contributed by atoms with van der Waals surface area (Å²) in [6.45, 7) is 0. The minimum Gasteiger partial charge on any atom is -0.496 e. The van der Waals surface area contributed by atoms with Crippen LogP contribution in [0.2, 0.25) is 0 Å². The average molecular weight is 270 g/mol. The van der Waals surface area contributed by atoms with E-state index in [1.807, 2.05) is 0 Å². The summed E-state index contributed by atoms with van der Waals surface area (Å²) in [5.74, 6) is -0.985. The van der Waals surface area contributed by atoms with E-state index < -0.39 is 12.4 Å². The van der Waals surface area contributed by atoms with Crippen LogP contribution in [0.5, 0.6) is 5.75 Å². The van der Waals surface area contributed by atoms with Crippen LogP contribution in [0.1, 0.15) is 42.7 Å². The molecule has 0 spiro atoms. The van der Waals surface area contributed by atoms with Gasteiger partial charge in [-0.2, -0.15) is 0 Å². The molecule has 5 heteroatoms. The molecule has 1 atom stereocenters. The summed E-state index contributed by atoms with van der Waals surface area (Å²) in [6, 6.07) is 4.71. The van der Waals surface area contributed by atoms with E-state index in [1.54, 1.807) is 12.1 Å². The Kier molecular flexibility index (Phi) is 4.02. The second-order valence-corrected chi connectivity index (χ2v) is 4.81. The molecule has 0 amide bonds. The van der Waals surface area contributed by atoms with Gasteiger partial charge in [0.15, 0.2) is 0 Å². The Bertz CT molecular complexity index is 470. The third-order valence-electron chi connectivity index (χ3n) is 3.52. The summed E-state index contributed by atoms with van der Waals surface area (Å²) in [5.41, 5.74) is 0.252. The maximum atomic E-state index is 13.2. The maximum Gasteiger partial charge on any atom is 0.303 e. The summed E-state index contributed by atoms with van der Waals surface area (Å²) >= 11 is 0. The van der Waals surface area contributed by atoms with Gasteiger partial charge in [0.05, 0.1) is 19.1 Å². The van der Waals surface area contributed by atoms with Gasteiger partial charge in [0.1, 0.15) is 5.75 Å². The van der Waals surface area contributed by atoms with Gasteiger partial charge >= 0.3 is 5.97 Å². The van der Waals surface area contributed by atoms with Gasteiger partial charge in [-0.05, 0) is 36.3 Å². The van der Waals surface area contributed by atoms with Gasteiger partial charge in [-0.1, -0.05) is 12.1 Å². The van der Waals surface area contributed by atoms with E-state index in [-0.39, 0.29) is 29.6 Å². The molecular weight excluding hydrogens is 254 g/mol. The third-order valence-corrected chi connectivity index (χ3v) is 3.52. The predicted octanol–water partition coefficient (Wildman–Crippen LogP) is 3.60. The van der Waals surface area contributed by atoms with Crippen molar-refractivity contribution < 1.29 is 23.4 Å². The first-order chi connectivity index (χ1) is 9.04. The Morgan fingerprint density at radius 3 is 2.63 bits per heavy atom. The zero-order valence-electron chi connectivity index (χ0n) is 10.6. The molecule has 1 aliphatic carbocycles. The molecule has 1 fully saturated rings. The lowest BCUT2D eigenvalue weighted by atomic mass is 9.87. The Morgan fingerprint density at radius 1 is 1.47 bits per heavy atom. The Balaban J connectivity index is 2.43. The number of halogens is 2. The molecule has 0 saturated heterocycles. The number of carboxylic acid groups (broad SMARTS) is 1. The zero-order valence-corrected chi connectivity index (χ0v) is 10.6. The van der Waals surface area contributed by atoms with Gasteiger partial charge in [0, 0.05) is 0 Å². The Hall–Kier alpha value is -1.65. The number of alkyl halides is 2. The molecule has 1 N–H and O–H groups in total. The lowest BCUT2D eigenvalue weighted by molar-refractivity contribution is -0.137. The molecule has 3 nitrogen and oxygen atoms in total. The molecular formula is C14H16F2O3. The number of carbonyl (C=O) groups is 1. The van der Waals surface area contributed by atoms with E-state index in [0.717, 1.165) is 12.8 Å². The quantitative estimate of drug-likeness (QED) is 0.859. The zero-order chi connectivity index (χ0) is 14.0. The molecule has 104 valence electrons. The van der Waals surface area contributed by atoms with Crippen molar-refractivity contribution in [3.63, 3.8) is 0 Å². The first-order valence-electron chi connectivity index (χ1n) is 6.21. The van der Waals surface area contributed by atoms with Crippen molar-refractivity contribution in [2.45, 2.75) is 31.6 Å². The summed E-state index contributed by atoms with van der Waals surface area (Å²) in [5, 5.41) is 8.96. The number of hydrogen-bond donors (Lipinski definition) is 1. The number of benzene rings is 1. The van der Waals surface area contributed by atoms with Gasteiger partial charge in [-0.3, -0.25) is 4.79 Å². The largest absolute Gasteiger partial charge is 0.496 e. The van der Waals surface area contributed by atoms with E-state index >= 15 is 0 Å².